The highest BCUT2D eigenvalue weighted by Crippen LogP contribution is 2.37. The second kappa shape index (κ2) is 5.89. The summed E-state index contributed by atoms with van der Waals surface area (Å²) in [7, 11) is 0. The molecule has 2 aromatic heterocycles. The highest BCUT2D eigenvalue weighted by Gasteiger charge is 2.29. The van der Waals surface area contributed by atoms with Crippen LogP contribution in [0.5, 0.6) is 0 Å². The van der Waals surface area contributed by atoms with E-state index in [1.165, 1.54) is 22.6 Å². The van der Waals surface area contributed by atoms with Gasteiger partial charge in [-0.25, -0.2) is 15.0 Å². The van der Waals surface area contributed by atoms with Gasteiger partial charge in [0.05, 0.1) is 19.3 Å². The first-order valence-electron chi connectivity index (χ1n) is 8.47. The van der Waals surface area contributed by atoms with Crippen LogP contribution in [0.4, 0.5) is 5.82 Å². The maximum absolute atomic E-state index is 12.4. The van der Waals surface area contributed by atoms with E-state index in [-0.39, 0.29) is 11.9 Å². The van der Waals surface area contributed by atoms with E-state index in [2.05, 4.69) is 37.3 Å². The van der Waals surface area contributed by atoms with Crippen molar-refractivity contribution in [2.45, 2.75) is 25.3 Å². The lowest BCUT2D eigenvalue weighted by Gasteiger charge is -2.26. The summed E-state index contributed by atoms with van der Waals surface area (Å²) < 4.78 is 5.10. The molecule has 0 aromatic carbocycles. The number of rotatable bonds is 3. The topological polar surface area (TPSA) is 80.2 Å². The number of allylic oxidation sites excluding steroid dienone is 3. The summed E-state index contributed by atoms with van der Waals surface area (Å²) in [5, 5.41) is 3.36. The highest BCUT2D eigenvalue weighted by atomic mass is 32.1. The van der Waals surface area contributed by atoms with E-state index in [9.17, 15) is 4.79 Å². The van der Waals surface area contributed by atoms with Gasteiger partial charge >= 0.3 is 0 Å². The number of amides is 1. The summed E-state index contributed by atoms with van der Waals surface area (Å²) in [5.41, 5.74) is 3.32. The number of hydrogen-bond acceptors (Lipinski definition) is 7. The van der Waals surface area contributed by atoms with E-state index in [0.29, 0.717) is 23.7 Å². The van der Waals surface area contributed by atoms with Gasteiger partial charge in [-0.15, -0.1) is 0 Å². The van der Waals surface area contributed by atoms with Gasteiger partial charge in [-0.2, -0.15) is 0 Å². The van der Waals surface area contributed by atoms with Gasteiger partial charge in [-0.3, -0.25) is 4.79 Å². The monoisotopic (exact) mass is 355 g/mol. The lowest BCUT2D eigenvalue weighted by Crippen LogP contribution is -2.48. The fourth-order valence-corrected chi connectivity index (χ4v) is 4.21. The van der Waals surface area contributed by atoms with Crippen LogP contribution in [0.3, 0.4) is 0 Å². The Kier molecular flexibility index (Phi) is 3.53. The Hall–Kier alpha value is -2.32. The molecule has 0 spiro atoms. The molecule has 1 N–H and O–H groups in total. The molecule has 0 atom stereocenters. The molecule has 0 bridgehead atoms. The number of thiazole rings is 1. The van der Waals surface area contributed by atoms with Gasteiger partial charge in [0.25, 0.3) is 5.91 Å². The Balaban J connectivity index is 1.50. The van der Waals surface area contributed by atoms with Crippen molar-refractivity contribution in [3.8, 4) is 0 Å². The van der Waals surface area contributed by atoms with Crippen LogP contribution in [0.15, 0.2) is 29.7 Å². The average Bonchev–Trinajstić information content (AvgIpc) is 3.21. The smallest absolute Gasteiger partial charge is 0.280 e. The largest absolute Gasteiger partial charge is 0.377 e. The minimum atomic E-state index is -0.166. The molecule has 4 heterocycles. The quantitative estimate of drug-likeness (QED) is 0.907. The number of carbonyl (C=O) groups is 1. The Morgan fingerprint density at radius 3 is 3.00 bits per heavy atom. The summed E-state index contributed by atoms with van der Waals surface area (Å²) in [6.07, 6.45) is 9.33. The van der Waals surface area contributed by atoms with Gasteiger partial charge in [0.2, 0.25) is 0 Å². The number of nitrogens with zero attached hydrogens (tertiary/aromatic N) is 4. The van der Waals surface area contributed by atoms with Gasteiger partial charge in [0.15, 0.2) is 10.8 Å². The normalized spacial score (nSPS) is 20.1. The van der Waals surface area contributed by atoms with Crippen molar-refractivity contribution in [1.82, 2.24) is 20.3 Å². The van der Waals surface area contributed by atoms with Gasteiger partial charge in [-0.05, 0) is 24.8 Å². The number of nitrogens with one attached hydrogen (secondary N) is 1. The first-order valence-corrected chi connectivity index (χ1v) is 9.28. The summed E-state index contributed by atoms with van der Waals surface area (Å²) >= 11 is 1.31. The first kappa shape index (κ1) is 15.0. The predicted molar refractivity (Wildman–Crippen MR) is 94.6 cm³/mol. The Morgan fingerprint density at radius 2 is 2.16 bits per heavy atom. The third-order valence-corrected chi connectivity index (χ3v) is 5.68. The second-order valence-electron chi connectivity index (χ2n) is 6.38. The summed E-state index contributed by atoms with van der Waals surface area (Å²) in [6.45, 7) is 2.03. The van der Waals surface area contributed by atoms with Crippen molar-refractivity contribution < 1.29 is 9.53 Å². The maximum Gasteiger partial charge on any atom is 0.280 e. The number of anilines is 1. The number of ether oxygens (including phenoxy) is 1. The zero-order valence-electron chi connectivity index (χ0n) is 13.6. The minimum absolute atomic E-state index is 0.0868. The first-order chi connectivity index (χ1) is 12.3. The van der Waals surface area contributed by atoms with E-state index >= 15 is 0 Å². The molecular weight excluding hydrogens is 338 g/mol. The molecule has 128 valence electrons. The SMILES string of the molecule is O=C(NC1COC1)c1nc2c(N3CCC4=CCCC=C43)ncnc2s1. The van der Waals surface area contributed by atoms with Crippen molar-refractivity contribution in [3.63, 3.8) is 0 Å². The van der Waals surface area contributed by atoms with Gasteiger partial charge in [0.1, 0.15) is 16.7 Å². The molecule has 0 radical (unpaired) electrons. The van der Waals surface area contributed by atoms with E-state index in [4.69, 9.17) is 4.74 Å². The Labute approximate surface area is 148 Å². The molecule has 25 heavy (non-hydrogen) atoms. The van der Waals surface area contributed by atoms with Crippen LogP contribution in [0.1, 0.15) is 29.1 Å². The number of aromatic nitrogens is 3. The molecule has 2 aliphatic heterocycles. The predicted octanol–water partition coefficient (Wildman–Crippen LogP) is 2.03. The Bertz CT molecular complexity index is 915. The van der Waals surface area contributed by atoms with Crippen LogP contribution in [-0.4, -0.2) is 46.7 Å². The van der Waals surface area contributed by atoms with Crippen LogP contribution in [0.2, 0.25) is 0 Å². The molecular formula is C17H17N5O2S. The molecule has 2 fully saturated rings. The van der Waals surface area contributed by atoms with Crippen LogP contribution in [0.25, 0.3) is 10.3 Å². The fraction of sp³-hybridized carbons (Fsp3) is 0.412. The summed E-state index contributed by atoms with van der Waals surface area (Å²) in [5.74, 6) is 0.630. The third-order valence-electron chi connectivity index (χ3n) is 4.72. The fourth-order valence-electron chi connectivity index (χ4n) is 3.40. The number of hydrogen-bond donors (Lipinski definition) is 1. The third kappa shape index (κ3) is 2.52. The molecule has 7 nitrogen and oxygen atoms in total. The highest BCUT2D eigenvalue weighted by molar-refractivity contribution is 7.19. The molecule has 1 amide bonds. The van der Waals surface area contributed by atoms with Gasteiger partial charge in [-0.1, -0.05) is 23.5 Å². The summed E-state index contributed by atoms with van der Waals surface area (Å²) in [6, 6.07) is 0.0868. The van der Waals surface area contributed by atoms with Crippen molar-refractivity contribution >= 4 is 33.4 Å². The zero-order chi connectivity index (χ0) is 16.8. The van der Waals surface area contributed by atoms with Crippen LogP contribution < -0.4 is 10.2 Å². The van der Waals surface area contributed by atoms with Crippen molar-refractivity contribution in [1.29, 1.82) is 0 Å². The van der Waals surface area contributed by atoms with Crippen LogP contribution in [0, 0.1) is 0 Å². The average molecular weight is 355 g/mol. The van der Waals surface area contributed by atoms with Crippen LogP contribution >= 0.6 is 11.3 Å². The van der Waals surface area contributed by atoms with E-state index in [1.54, 1.807) is 6.33 Å². The number of fused-ring (bicyclic) bond motifs is 2. The number of carbonyl (C=O) groups excluding carboxylic acids is 1. The lowest BCUT2D eigenvalue weighted by molar-refractivity contribution is -0.00346. The molecule has 8 heteroatoms. The van der Waals surface area contributed by atoms with E-state index in [1.807, 2.05) is 0 Å². The molecule has 0 unspecified atom stereocenters. The van der Waals surface area contributed by atoms with Crippen molar-refractivity contribution in [2.75, 3.05) is 24.7 Å². The molecule has 3 aliphatic rings. The Morgan fingerprint density at radius 1 is 1.28 bits per heavy atom. The maximum atomic E-state index is 12.4. The molecule has 2 saturated heterocycles. The molecule has 1 aliphatic carbocycles. The van der Waals surface area contributed by atoms with E-state index < -0.39 is 0 Å². The molecule has 2 aromatic rings. The van der Waals surface area contributed by atoms with Gasteiger partial charge < -0.3 is 15.0 Å². The second-order valence-corrected chi connectivity index (χ2v) is 7.35. The zero-order valence-corrected chi connectivity index (χ0v) is 14.4. The molecule has 5 rings (SSSR count). The van der Waals surface area contributed by atoms with Crippen molar-refractivity contribution in [2.24, 2.45) is 0 Å². The van der Waals surface area contributed by atoms with Gasteiger partial charge in [0, 0.05) is 12.2 Å². The molecule has 0 saturated carbocycles. The van der Waals surface area contributed by atoms with Crippen molar-refractivity contribution in [3.05, 3.63) is 34.8 Å². The van der Waals surface area contributed by atoms with Crippen LogP contribution in [-0.2, 0) is 4.74 Å². The van der Waals surface area contributed by atoms with E-state index in [0.717, 1.165) is 36.5 Å². The lowest BCUT2D eigenvalue weighted by atomic mass is 10.0. The minimum Gasteiger partial charge on any atom is -0.377 e. The summed E-state index contributed by atoms with van der Waals surface area (Å²) in [4.78, 5) is 28.7. The standard InChI is InChI=1S/C17H17N5O2S/c23-15(20-11-7-24-8-11)17-21-13-14(18-9-19-16(13)25-17)22-6-5-10-3-1-2-4-12(10)22/h3-4,9,11H,1-2,5-8H2,(H,20,23).